The zero-order valence-electron chi connectivity index (χ0n) is 17.2. The molecule has 0 bridgehead atoms. The lowest BCUT2D eigenvalue weighted by molar-refractivity contribution is 0.00578. The van der Waals surface area contributed by atoms with Gasteiger partial charge in [0.05, 0.1) is 54.3 Å². The highest BCUT2D eigenvalue weighted by atomic mass is 35.5. The second-order valence-corrected chi connectivity index (χ2v) is 8.25. The molecule has 9 heteroatoms. The van der Waals surface area contributed by atoms with E-state index >= 15 is 0 Å². The molecule has 0 N–H and O–H groups in total. The van der Waals surface area contributed by atoms with E-state index in [4.69, 9.17) is 51.5 Å². The van der Waals surface area contributed by atoms with Crippen molar-refractivity contribution in [3.05, 3.63) is 22.2 Å². The first-order chi connectivity index (χ1) is 13.2. The molecule has 28 heavy (non-hydrogen) atoms. The molecular formula is C19H29BCl2O6. The lowest BCUT2D eigenvalue weighted by Crippen LogP contribution is -2.41. The van der Waals surface area contributed by atoms with Crippen molar-refractivity contribution in [3.8, 4) is 5.75 Å². The molecule has 1 fully saturated rings. The van der Waals surface area contributed by atoms with Gasteiger partial charge in [-0.15, -0.1) is 0 Å². The first-order valence-electron chi connectivity index (χ1n) is 9.30. The summed E-state index contributed by atoms with van der Waals surface area (Å²) in [4.78, 5) is 0. The Hall–Kier alpha value is -0.535. The monoisotopic (exact) mass is 434 g/mol. The maximum absolute atomic E-state index is 6.39. The molecule has 0 aliphatic carbocycles. The Morgan fingerprint density at radius 3 is 1.96 bits per heavy atom. The fourth-order valence-corrected chi connectivity index (χ4v) is 2.91. The summed E-state index contributed by atoms with van der Waals surface area (Å²) in [5, 5.41) is 0.785. The SMILES string of the molecule is COCCOCCOCCOc1cc(Cl)c(Cl)c(B2OC(C)(C)C(C)(C)O2)c1. The fraction of sp³-hybridized carbons (Fsp3) is 0.684. The predicted octanol–water partition coefficient (Wildman–Crippen LogP) is 3.35. The maximum atomic E-state index is 6.39. The summed E-state index contributed by atoms with van der Waals surface area (Å²) in [6.07, 6.45) is 0. The molecule has 0 radical (unpaired) electrons. The first kappa shape index (κ1) is 23.7. The highest BCUT2D eigenvalue weighted by Gasteiger charge is 2.52. The van der Waals surface area contributed by atoms with E-state index in [0.29, 0.717) is 60.9 Å². The Morgan fingerprint density at radius 2 is 1.39 bits per heavy atom. The average Bonchev–Trinajstić information content (AvgIpc) is 2.83. The molecule has 0 amide bonds. The Balaban J connectivity index is 1.87. The fourth-order valence-electron chi connectivity index (χ4n) is 2.49. The van der Waals surface area contributed by atoms with E-state index in [1.165, 1.54) is 0 Å². The van der Waals surface area contributed by atoms with Crippen molar-refractivity contribution >= 4 is 35.8 Å². The van der Waals surface area contributed by atoms with Crippen LogP contribution in [0.4, 0.5) is 0 Å². The van der Waals surface area contributed by atoms with Gasteiger partial charge in [0.25, 0.3) is 0 Å². The van der Waals surface area contributed by atoms with Gasteiger partial charge in [0, 0.05) is 18.6 Å². The van der Waals surface area contributed by atoms with Crippen molar-refractivity contribution in [2.45, 2.75) is 38.9 Å². The summed E-state index contributed by atoms with van der Waals surface area (Å²) in [7, 11) is 1.03. The van der Waals surface area contributed by atoms with Crippen LogP contribution in [0.5, 0.6) is 5.75 Å². The van der Waals surface area contributed by atoms with E-state index in [1.54, 1.807) is 19.2 Å². The second kappa shape index (κ2) is 10.5. The number of hydrogen-bond donors (Lipinski definition) is 0. The summed E-state index contributed by atoms with van der Waals surface area (Å²) in [6.45, 7) is 10.9. The molecule has 0 atom stereocenters. The van der Waals surface area contributed by atoms with Crippen LogP contribution in [0.15, 0.2) is 12.1 Å². The lowest BCUT2D eigenvalue weighted by atomic mass is 9.79. The van der Waals surface area contributed by atoms with Gasteiger partial charge in [-0.25, -0.2) is 0 Å². The number of hydrogen-bond acceptors (Lipinski definition) is 6. The van der Waals surface area contributed by atoms with Gasteiger partial charge in [-0.3, -0.25) is 0 Å². The molecule has 0 unspecified atom stereocenters. The molecule has 1 heterocycles. The highest BCUT2D eigenvalue weighted by molar-refractivity contribution is 6.66. The van der Waals surface area contributed by atoms with E-state index in [-0.39, 0.29) is 0 Å². The zero-order valence-corrected chi connectivity index (χ0v) is 18.7. The van der Waals surface area contributed by atoms with E-state index in [0.717, 1.165) is 0 Å². The molecule has 1 aromatic carbocycles. The Kier molecular flexibility index (Phi) is 8.89. The zero-order chi connectivity index (χ0) is 20.8. The molecule has 0 saturated carbocycles. The van der Waals surface area contributed by atoms with Gasteiger partial charge in [-0.2, -0.15) is 0 Å². The smallest absolute Gasteiger partial charge is 0.491 e. The number of rotatable bonds is 11. The van der Waals surface area contributed by atoms with E-state index in [2.05, 4.69) is 0 Å². The van der Waals surface area contributed by atoms with Gasteiger partial charge < -0.3 is 28.3 Å². The summed E-state index contributed by atoms with van der Waals surface area (Å²) < 4.78 is 33.6. The summed E-state index contributed by atoms with van der Waals surface area (Å²) >= 11 is 12.7. The second-order valence-electron chi connectivity index (χ2n) is 7.46. The molecule has 1 aliphatic heterocycles. The third kappa shape index (κ3) is 6.23. The van der Waals surface area contributed by atoms with Gasteiger partial charge in [-0.1, -0.05) is 23.2 Å². The molecule has 0 spiro atoms. The van der Waals surface area contributed by atoms with Crippen molar-refractivity contribution in [2.24, 2.45) is 0 Å². The Bertz CT molecular complexity index is 625. The van der Waals surface area contributed by atoms with E-state index < -0.39 is 18.3 Å². The van der Waals surface area contributed by atoms with Crippen LogP contribution < -0.4 is 10.2 Å². The molecule has 6 nitrogen and oxygen atoms in total. The van der Waals surface area contributed by atoms with Gasteiger partial charge >= 0.3 is 7.12 Å². The van der Waals surface area contributed by atoms with Gasteiger partial charge in [0.1, 0.15) is 12.4 Å². The summed E-state index contributed by atoms with van der Waals surface area (Å²) in [5.74, 6) is 0.582. The van der Waals surface area contributed by atoms with Crippen molar-refractivity contribution in [3.63, 3.8) is 0 Å². The normalized spacial score (nSPS) is 17.9. The van der Waals surface area contributed by atoms with Crippen LogP contribution in [0.2, 0.25) is 10.0 Å². The third-order valence-electron chi connectivity index (χ3n) is 4.84. The highest BCUT2D eigenvalue weighted by Crippen LogP contribution is 2.38. The topological polar surface area (TPSA) is 55.4 Å². The van der Waals surface area contributed by atoms with Crippen LogP contribution in [0, 0.1) is 0 Å². The molecule has 0 aromatic heterocycles. The standard InChI is InChI=1S/C19H29BCl2O6/c1-18(2)19(3,4)28-20(27-18)15-12-14(13-16(21)17(15)22)26-11-10-25-9-8-24-7-6-23-5/h12-13H,6-11H2,1-5H3. The molecule has 1 saturated heterocycles. The van der Waals surface area contributed by atoms with E-state index in [9.17, 15) is 0 Å². The lowest BCUT2D eigenvalue weighted by Gasteiger charge is -2.32. The number of methoxy groups -OCH3 is 1. The van der Waals surface area contributed by atoms with Gasteiger partial charge in [0.15, 0.2) is 0 Å². The van der Waals surface area contributed by atoms with Crippen LogP contribution in [-0.2, 0) is 23.5 Å². The molecular weight excluding hydrogens is 406 g/mol. The van der Waals surface area contributed by atoms with Crippen molar-refractivity contribution in [2.75, 3.05) is 46.8 Å². The van der Waals surface area contributed by atoms with E-state index in [1.807, 2.05) is 27.7 Å². The molecule has 1 aliphatic rings. The molecule has 1 aromatic rings. The Labute approximate surface area is 177 Å². The van der Waals surface area contributed by atoms with Gasteiger partial charge in [-0.05, 0) is 33.8 Å². The number of halogens is 2. The van der Waals surface area contributed by atoms with Crippen molar-refractivity contribution in [1.82, 2.24) is 0 Å². The van der Waals surface area contributed by atoms with Crippen molar-refractivity contribution < 1.29 is 28.3 Å². The minimum Gasteiger partial charge on any atom is -0.491 e. The average molecular weight is 435 g/mol. The first-order valence-corrected chi connectivity index (χ1v) is 10.1. The minimum atomic E-state index is -0.612. The number of benzene rings is 1. The van der Waals surface area contributed by atoms with Crippen LogP contribution in [0.25, 0.3) is 0 Å². The van der Waals surface area contributed by atoms with Gasteiger partial charge in [0.2, 0.25) is 0 Å². The largest absolute Gasteiger partial charge is 0.496 e. The van der Waals surface area contributed by atoms with Crippen LogP contribution in [0.3, 0.4) is 0 Å². The predicted molar refractivity (Wildman–Crippen MR) is 111 cm³/mol. The summed E-state index contributed by atoms with van der Waals surface area (Å²) in [5.41, 5.74) is -0.289. The van der Waals surface area contributed by atoms with Crippen LogP contribution in [-0.4, -0.2) is 65.1 Å². The minimum absolute atomic E-state index is 0.374. The number of ether oxygens (including phenoxy) is 4. The third-order valence-corrected chi connectivity index (χ3v) is 5.65. The molecule has 2 rings (SSSR count). The Morgan fingerprint density at radius 1 is 0.857 bits per heavy atom. The summed E-state index contributed by atoms with van der Waals surface area (Å²) in [6, 6.07) is 3.47. The van der Waals surface area contributed by atoms with Crippen LogP contribution in [0.1, 0.15) is 27.7 Å². The maximum Gasteiger partial charge on any atom is 0.496 e. The quantitative estimate of drug-likeness (QED) is 0.393. The van der Waals surface area contributed by atoms with Crippen LogP contribution >= 0.6 is 23.2 Å². The molecule has 158 valence electrons. The van der Waals surface area contributed by atoms with Crippen molar-refractivity contribution in [1.29, 1.82) is 0 Å².